The molecule has 0 spiro atoms. The van der Waals surface area contributed by atoms with E-state index in [1.807, 2.05) is 6.07 Å². The van der Waals surface area contributed by atoms with Crippen molar-refractivity contribution in [3.05, 3.63) is 65.7 Å². The molecule has 24 heavy (non-hydrogen) atoms. The first kappa shape index (κ1) is 18.5. The molecule has 0 aromatic heterocycles. The summed E-state index contributed by atoms with van der Waals surface area (Å²) in [5.74, 6) is 0.942. The maximum absolute atomic E-state index is 5.82. The Labute approximate surface area is 146 Å². The predicted molar refractivity (Wildman–Crippen MR) is 102 cm³/mol. The third-order valence-corrected chi connectivity index (χ3v) is 4.25. The second-order valence-electron chi connectivity index (χ2n) is 5.93. The zero-order chi connectivity index (χ0) is 17.0. The number of rotatable bonds is 11. The number of ether oxygens (including phenoxy) is 1. The third-order valence-electron chi connectivity index (χ3n) is 4.25. The Bertz CT molecular complexity index is 550. The summed E-state index contributed by atoms with van der Waals surface area (Å²) in [5.41, 5.74) is 2.61. The highest BCUT2D eigenvalue weighted by atomic mass is 16.5. The van der Waals surface area contributed by atoms with E-state index in [9.17, 15) is 0 Å². The second kappa shape index (κ2) is 10.8. The lowest BCUT2D eigenvalue weighted by atomic mass is 10.2. The fourth-order valence-corrected chi connectivity index (χ4v) is 2.64. The second-order valence-corrected chi connectivity index (χ2v) is 5.93. The molecule has 0 fully saturated rings. The summed E-state index contributed by atoms with van der Waals surface area (Å²) >= 11 is 0. The number of nitrogens with one attached hydrogen (secondary N) is 1. The maximum atomic E-state index is 5.82. The number of likely N-dealkylation sites (N-methyl/N-ethyl adjacent to an activating group) is 1. The van der Waals surface area contributed by atoms with E-state index in [-0.39, 0.29) is 0 Å². The molecule has 0 unspecified atom stereocenters. The largest absolute Gasteiger partial charge is 0.493 e. The highest BCUT2D eigenvalue weighted by Gasteiger charge is 1.99. The quantitative estimate of drug-likeness (QED) is 0.637. The fourth-order valence-electron chi connectivity index (χ4n) is 2.64. The molecule has 0 saturated carbocycles. The summed E-state index contributed by atoms with van der Waals surface area (Å²) in [6.45, 7) is 10.4. The number of benzene rings is 2. The van der Waals surface area contributed by atoms with Gasteiger partial charge in [-0.15, -0.1) is 0 Å². The molecule has 1 N–H and O–H groups in total. The van der Waals surface area contributed by atoms with Crippen LogP contribution >= 0.6 is 0 Å². The molecule has 2 aromatic rings. The van der Waals surface area contributed by atoms with Crippen molar-refractivity contribution in [2.24, 2.45) is 0 Å². The average molecular weight is 326 g/mol. The van der Waals surface area contributed by atoms with Gasteiger partial charge in [0.05, 0.1) is 6.61 Å². The van der Waals surface area contributed by atoms with Gasteiger partial charge >= 0.3 is 0 Å². The van der Waals surface area contributed by atoms with Crippen molar-refractivity contribution < 1.29 is 4.74 Å². The van der Waals surface area contributed by atoms with Crippen molar-refractivity contribution >= 4 is 0 Å². The van der Waals surface area contributed by atoms with E-state index in [0.29, 0.717) is 6.61 Å². The molecule has 2 aromatic carbocycles. The lowest BCUT2D eigenvalue weighted by molar-refractivity contribution is 0.302. The molecule has 0 aliphatic carbocycles. The maximum Gasteiger partial charge on any atom is 0.119 e. The van der Waals surface area contributed by atoms with E-state index in [1.54, 1.807) is 0 Å². The van der Waals surface area contributed by atoms with Gasteiger partial charge in [0.25, 0.3) is 0 Å². The SMILES string of the molecule is CCN(CC)CCNCc1ccc(OCCc2ccccc2)cc1. The van der Waals surface area contributed by atoms with Gasteiger partial charge in [-0.1, -0.05) is 56.3 Å². The Morgan fingerprint density at radius 2 is 1.58 bits per heavy atom. The molecule has 0 heterocycles. The molecule has 2 rings (SSSR count). The molecular weight excluding hydrogens is 296 g/mol. The fraction of sp³-hybridized carbons (Fsp3) is 0.429. The topological polar surface area (TPSA) is 24.5 Å². The standard InChI is InChI=1S/C21H30N2O/c1-3-23(4-2)16-15-22-18-20-10-12-21(13-11-20)24-17-14-19-8-6-5-7-9-19/h5-13,22H,3-4,14-18H2,1-2H3. The smallest absolute Gasteiger partial charge is 0.119 e. The Morgan fingerprint density at radius 3 is 2.25 bits per heavy atom. The minimum Gasteiger partial charge on any atom is -0.493 e. The summed E-state index contributed by atoms with van der Waals surface area (Å²) in [5, 5.41) is 3.50. The average Bonchev–Trinajstić information content (AvgIpc) is 2.64. The van der Waals surface area contributed by atoms with Crippen LogP contribution in [0.5, 0.6) is 5.75 Å². The zero-order valence-electron chi connectivity index (χ0n) is 15.0. The van der Waals surface area contributed by atoms with Gasteiger partial charge in [-0.2, -0.15) is 0 Å². The Balaban J connectivity index is 1.65. The van der Waals surface area contributed by atoms with Gasteiger partial charge in [0.2, 0.25) is 0 Å². The van der Waals surface area contributed by atoms with E-state index in [1.165, 1.54) is 11.1 Å². The van der Waals surface area contributed by atoms with Crippen molar-refractivity contribution in [2.45, 2.75) is 26.8 Å². The van der Waals surface area contributed by atoms with Crippen LogP contribution in [-0.4, -0.2) is 37.7 Å². The van der Waals surface area contributed by atoms with Crippen LogP contribution in [0.25, 0.3) is 0 Å². The van der Waals surface area contributed by atoms with Crippen LogP contribution in [0.2, 0.25) is 0 Å². The summed E-state index contributed by atoms with van der Waals surface area (Å²) in [6.07, 6.45) is 0.940. The first-order valence-corrected chi connectivity index (χ1v) is 9.00. The third kappa shape index (κ3) is 6.73. The number of hydrogen-bond donors (Lipinski definition) is 1. The minimum absolute atomic E-state index is 0.714. The summed E-state index contributed by atoms with van der Waals surface area (Å²) < 4.78 is 5.82. The summed E-state index contributed by atoms with van der Waals surface area (Å²) in [4.78, 5) is 2.43. The van der Waals surface area contributed by atoms with Gasteiger partial charge in [-0.25, -0.2) is 0 Å². The normalized spacial score (nSPS) is 11.0. The van der Waals surface area contributed by atoms with E-state index in [0.717, 1.165) is 44.9 Å². The molecule has 0 atom stereocenters. The van der Waals surface area contributed by atoms with Crippen molar-refractivity contribution in [3.63, 3.8) is 0 Å². The highest BCUT2D eigenvalue weighted by Crippen LogP contribution is 2.12. The van der Waals surface area contributed by atoms with Crippen molar-refractivity contribution in [1.82, 2.24) is 10.2 Å². The Hall–Kier alpha value is -1.84. The van der Waals surface area contributed by atoms with Crippen LogP contribution in [-0.2, 0) is 13.0 Å². The van der Waals surface area contributed by atoms with Crippen LogP contribution in [0.15, 0.2) is 54.6 Å². The van der Waals surface area contributed by atoms with Gasteiger partial charge in [0.1, 0.15) is 5.75 Å². The van der Waals surface area contributed by atoms with E-state index >= 15 is 0 Å². The zero-order valence-corrected chi connectivity index (χ0v) is 15.0. The van der Waals surface area contributed by atoms with Gasteiger partial charge in [-0.05, 0) is 36.3 Å². The molecule has 3 nitrogen and oxygen atoms in total. The van der Waals surface area contributed by atoms with Crippen LogP contribution in [0.3, 0.4) is 0 Å². The van der Waals surface area contributed by atoms with Crippen LogP contribution < -0.4 is 10.1 Å². The summed E-state index contributed by atoms with van der Waals surface area (Å²) in [7, 11) is 0. The van der Waals surface area contributed by atoms with Crippen molar-refractivity contribution in [2.75, 3.05) is 32.8 Å². The Kier molecular flexibility index (Phi) is 8.36. The molecule has 0 amide bonds. The van der Waals surface area contributed by atoms with E-state index < -0.39 is 0 Å². The monoisotopic (exact) mass is 326 g/mol. The first-order valence-electron chi connectivity index (χ1n) is 9.00. The van der Waals surface area contributed by atoms with E-state index in [2.05, 4.69) is 72.6 Å². The van der Waals surface area contributed by atoms with Crippen LogP contribution in [0.4, 0.5) is 0 Å². The number of hydrogen-bond acceptors (Lipinski definition) is 3. The van der Waals surface area contributed by atoms with E-state index in [4.69, 9.17) is 4.74 Å². The molecular formula is C21H30N2O. The highest BCUT2D eigenvalue weighted by molar-refractivity contribution is 5.27. The van der Waals surface area contributed by atoms with Gasteiger partial charge in [0, 0.05) is 26.1 Å². The Morgan fingerprint density at radius 1 is 0.875 bits per heavy atom. The van der Waals surface area contributed by atoms with Crippen LogP contribution in [0.1, 0.15) is 25.0 Å². The van der Waals surface area contributed by atoms with Crippen molar-refractivity contribution in [1.29, 1.82) is 0 Å². The molecule has 130 valence electrons. The molecule has 3 heteroatoms. The van der Waals surface area contributed by atoms with Crippen LogP contribution in [0, 0.1) is 0 Å². The number of nitrogens with zero attached hydrogens (tertiary/aromatic N) is 1. The van der Waals surface area contributed by atoms with Gasteiger partial charge in [-0.3, -0.25) is 0 Å². The van der Waals surface area contributed by atoms with Gasteiger partial charge in [0.15, 0.2) is 0 Å². The first-order chi connectivity index (χ1) is 11.8. The lowest BCUT2D eigenvalue weighted by Crippen LogP contribution is -2.31. The molecule has 0 aliphatic heterocycles. The lowest BCUT2D eigenvalue weighted by Gasteiger charge is -2.18. The molecule has 0 aliphatic rings. The van der Waals surface area contributed by atoms with Gasteiger partial charge < -0.3 is 15.0 Å². The summed E-state index contributed by atoms with van der Waals surface area (Å²) in [6, 6.07) is 18.9. The van der Waals surface area contributed by atoms with Crippen molar-refractivity contribution in [3.8, 4) is 5.75 Å². The molecule has 0 saturated heterocycles. The molecule has 0 bridgehead atoms. The predicted octanol–water partition coefficient (Wildman–Crippen LogP) is 3.74. The minimum atomic E-state index is 0.714. The molecule has 0 radical (unpaired) electrons.